The zero-order valence-electron chi connectivity index (χ0n) is 11.0. The van der Waals surface area contributed by atoms with Crippen molar-refractivity contribution < 1.29 is 14.9 Å². The van der Waals surface area contributed by atoms with Gasteiger partial charge in [-0.3, -0.25) is 0 Å². The number of hydrogen-bond donors (Lipinski definition) is 2. The van der Waals surface area contributed by atoms with Gasteiger partial charge >= 0.3 is 0 Å². The highest BCUT2D eigenvalue weighted by Crippen LogP contribution is 2.41. The molecule has 0 aliphatic heterocycles. The van der Waals surface area contributed by atoms with E-state index in [2.05, 4.69) is 6.92 Å². The van der Waals surface area contributed by atoms with Crippen LogP contribution in [0.1, 0.15) is 25.3 Å². The largest absolute Gasteiger partial charge is 0.504 e. The van der Waals surface area contributed by atoms with Crippen LogP contribution in [-0.2, 0) is 6.42 Å². The second kappa shape index (κ2) is 6.14. The van der Waals surface area contributed by atoms with Gasteiger partial charge in [0.25, 0.3) is 0 Å². The molecule has 0 bridgehead atoms. The molecule has 2 N–H and O–H groups in total. The van der Waals surface area contributed by atoms with Crippen molar-refractivity contribution in [1.82, 2.24) is 0 Å². The van der Waals surface area contributed by atoms with Crippen molar-refractivity contribution >= 4 is 0 Å². The Hall–Kier alpha value is -2.16. The number of phenols is 2. The standard InChI is InChI=1S/C16H18O3/c1-2-3-7-12-10-11-14(17)16(15(12)18)19-13-8-5-4-6-9-13/h4-6,8-11,17-18H,2-3,7H2,1H3. The molecule has 0 aliphatic rings. The van der Waals surface area contributed by atoms with Gasteiger partial charge in [0.15, 0.2) is 11.5 Å². The molecule has 2 aromatic rings. The van der Waals surface area contributed by atoms with Gasteiger partial charge in [0.1, 0.15) is 5.75 Å². The van der Waals surface area contributed by atoms with Crippen molar-refractivity contribution in [3.8, 4) is 23.0 Å². The highest BCUT2D eigenvalue weighted by atomic mass is 16.5. The smallest absolute Gasteiger partial charge is 0.210 e. The fraction of sp³-hybridized carbons (Fsp3) is 0.250. The molecule has 2 rings (SSSR count). The number of hydrogen-bond acceptors (Lipinski definition) is 3. The van der Waals surface area contributed by atoms with Gasteiger partial charge in [-0.25, -0.2) is 0 Å². The number of aromatic hydroxyl groups is 2. The van der Waals surface area contributed by atoms with Gasteiger partial charge in [-0.1, -0.05) is 37.6 Å². The van der Waals surface area contributed by atoms with Crippen molar-refractivity contribution in [2.24, 2.45) is 0 Å². The lowest BCUT2D eigenvalue weighted by molar-refractivity contribution is 0.373. The molecule has 0 saturated heterocycles. The molecule has 2 aromatic carbocycles. The average molecular weight is 258 g/mol. The van der Waals surface area contributed by atoms with Gasteiger partial charge in [0, 0.05) is 0 Å². The van der Waals surface area contributed by atoms with E-state index in [4.69, 9.17) is 4.74 Å². The van der Waals surface area contributed by atoms with E-state index in [9.17, 15) is 10.2 Å². The molecule has 3 heteroatoms. The van der Waals surface area contributed by atoms with Gasteiger partial charge in [-0.2, -0.15) is 0 Å². The minimum absolute atomic E-state index is 0.0253. The van der Waals surface area contributed by atoms with Crippen LogP contribution in [0, 0.1) is 0 Å². The van der Waals surface area contributed by atoms with E-state index < -0.39 is 0 Å². The van der Waals surface area contributed by atoms with Crippen LogP contribution in [0.5, 0.6) is 23.0 Å². The maximum Gasteiger partial charge on any atom is 0.210 e. The fourth-order valence-electron chi connectivity index (χ4n) is 1.88. The number of benzene rings is 2. The highest BCUT2D eigenvalue weighted by Gasteiger charge is 2.14. The molecule has 0 atom stereocenters. The number of rotatable bonds is 5. The lowest BCUT2D eigenvalue weighted by atomic mass is 10.1. The van der Waals surface area contributed by atoms with Crippen LogP contribution < -0.4 is 4.74 Å². The molecule has 0 amide bonds. The summed E-state index contributed by atoms with van der Waals surface area (Å²) < 4.78 is 5.56. The summed E-state index contributed by atoms with van der Waals surface area (Å²) in [6.07, 6.45) is 2.81. The average Bonchev–Trinajstić information content (AvgIpc) is 2.44. The molecular formula is C16H18O3. The minimum Gasteiger partial charge on any atom is -0.504 e. The topological polar surface area (TPSA) is 49.7 Å². The van der Waals surface area contributed by atoms with Crippen LogP contribution in [0.4, 0.5) is 0 Å². The van der Waals surface area contributed by atoms with Crippen LogP contribution in [-0.4, -0.2) is 10.2 Å². The van der Waals surface area contributed by atoms with Crippen molar-refractivity contribution in [2.75, 3.05) is 0 Å². The van der Waals surface area contributed by atoms with E-state index in [1.165, 1.54) is 0 Å². The van der Waals surface area contributed by atoms with Crippen LogP contribution >= 0.6 is 0 Å². The van der Waals surface area contributed by atoms with Crippen LogP contribution in [0.15, 0.2) is 42.5 Å². The van der Waals surface area contributed by atoms with Crippen LogP contribution in [0.3, 0.4) is 0 Å². The molecule has 0 fully saturated rings. The summed E-state index contributed by atoms with van der Waals surface area (Å²) in [5.74, 6) is 0.680. The van der Waals surface area contributed by atoms with Crippen molar-refractivity contribution in [3.05, 3.63) is 48.0 Å². The van der Waals surface area contributed by atoms with E-state index in [1.807, 2.05) is 18.2 Å². The molecule has 100 valence electrons. The van der Waals surface area contributed by atoms with Crippen LogP contribution in [0.25, 0.3) is 0 Å². The molecule has 0 aliphatic carbocycles. The van der Waals surface area contributed by atoms with Crippen molar-refractivity contribution in [2.45, 2.75) is 26.2 Å². The Morgan fingerprint density at radius 2 is 1.74 bits per heavy atom. The number of ether oxygens (including phenoxy) is 1. The van der Waals surface area contributed by atoms with E-state index in [1.54, 1.807) is 24.3 Å². The molecule has 0 heterocycles. The predicted molar refractivity (Wildman–Crippen MR) is 74.9 cm³/mol. The molecule has 0 saturated carbocycles. The lowest BCUT2D eigenvalue weighted by Crippen LogP contribution is -1.91. The Labute approximate surface area is 113 Å². The summed E-state index contributed by atoms with van der Waals surface area (Å²) in [4.78, 5) is 0. The first kappa shape index (κ1) is 13.3. The number of phenolic OH excluding ortho intramolecular Hbond substituents is 2. The zero-order valence-corrected chi connectivity index (χ0v) is 11.0. The SMILES string of the molecule is CCCCc1ccc(O)c(Oc2ccccc2)c1O. The third-order valence-corrected chi connectivity index (χ3v) is 2.96. The summed E-state index contributed by atoms with van der Waals surface area (Å²) in [6.45, 7) is 2.10. The third-order valence-electron chi connectivity index (χ3n) is 2.96. The zero-order chi connectivity index (χ0) is 13.7. The van der Waals surface area contributed by atoms with E-state index in [0.717, 1.165) is 24.8 Å². The Morgan fingerprint density at radius 1 is 1.00 bits per heavy atom. The molecule has 0 spiro atoms. The predicted octanol–water partition coefficient (Wildman–Crippen LogP) is 4.23. The number of para-hydroxylation sites is 1. The Kier molecular flexibility index (Phi) is 4.29. The maximum absolute atomic E-state index is 10.2. The molecule has 0 aromatic heterocycles. The third kappa shape index (κ3) is 3.19. The molecule has 0 unspecified atom stereocenters. The van der Waals surface area contributed by atoms with Gasteiger partial charge in [0.05, 0.1) is 0 Å². The van der Waals surface area contributed by atoms with Gasteiger partial charge in [-0.05, 0) is 36.6 Å². The van der Waals surface area contributed by atoms with E-state index >= 15 is 0 Å². The summed E-state index contributed by atoms with van der Waals surface area (Å²) in [5, 5.41) is 20.0. The summed E-state index contributed by atoms with van der Waals surface area (Å²) >= 11 is 0. The van der Waals surface area contributed by atoms with E-state index in [-0.39, 0.29) is 17.2 Å². The highest BCUT2D eigenvalue weighted by molar-refractivity contribution is 5.55. The Morgan fingerprint density at radius 3 is 2.42 bits per heavy atom. The molecule has 0 radical (unpaired) electrons. The van der Waals surface area contributed by atoms with Gasteiger partial charge < -0.3 is 14.9 Å². The lowest BCUT2D eigenvalue weighted by Gasteiger charge is -2.12. The quantitative estimate of drug-likeness (QED) is 0.843. The molecule has 19 heavy (non-hydrogen) atoms. The maximum atomic E-state index is 10.2. The Balaban J connectivity index is 2.28. The molecular weight excluding hydrogens is 240 g/mol. The second-order valence-corrected chi connectivity index (χ2v) is 4.44. The first-order chi connectivity index (χ1) is 9.22. The minimum atomic E-state index is -0.0541. The summed E-state index contributed by atoms with van der Waals surface area (Å²) in [6, 6.07) is 12.4. The second-order valence-electron chi connectivity index (χ2n) is 4.44. The fourth-order valence-corrected chi connectivity index (χ4v) is 1.88. The first-order valence-electron chi connectivity index (χ1n) is 6.49. The molecule has 3 nitrogen and oxygen atoms in total. The van der Waals surface area contributed by atoms with Crippen molar-refractivity contribution in [1.29, 1.82) is 0 Å². The number of unbranched alkanes of at least 4 members (excludes halogenated alkanes) is 1. The number of aryl methyl sites for hydroxylation is 1. The summed E-state index contributed by atoms with van der Waals surface area (Å²) in [7, 11) is 0. The monoisotopic (exact) mass is 258 g/mol. The van der Waals surface area contributed by atoms with Gasteiger partial charge in [0.2, 0.25) is 5.75 Å². The summed E-state index contributed by atoms with van der Waals surface area (Å²) in [5.41, 5.74) is 0.797. The van der Waals surface area contributed by atoms with Gasteiger partial charge in [-0.15, -0.1) is 0 Å². The van der Waals surface area contributed by atoms with E-state index in [0.29, 0.717) is 5.75 Å². The normalized spacial score (nSPS) is 10.4. The van der Waals surface area contributed by atoms with Crippen molar-refractivity contribution in [3.63, 3.8) is 0 Å². The van der Waals surface area contributed by atoms with Crippen LogP contribution in [0.2, 0.25) is 0 Å². The first-order valence-corrected chi connectivity index (χ1v) is 6.49. The Bertz CT molecular complexity index is 535.